The highest BCUT2D eigenvalue weighted by Gasteiger charge is 2.43. The van der Waals surface area contributed by atoms with E-state index < -0.39 is 39.6 Å². The highest BCUT2D eigenvalue weighted by Crippen LogP contribution is 2.34. The van der Waals surface area contributed by atoms with Crippen molar-refractivity contribution >= 4 is 27.6 Å². The fourth-order valence-electron chi connectivity index (χ4n) is 3.96. The largest absolute Gasteiger partial charge is 0.487 e. The number of fused-ring (bicyclic) bond motifs is 2. The normalized spacial score (nSPS) is 21.6. The summed E-state index contributed by atoms with van der Waals surface area (Å²) in [5.74, 6) is -3.18. The van der Waals surface area contributed by atoms with E-state index in [-0.39, 0.29) is 34.7 Å². The summed E-state index contributed by atoms with van der Waals surface area (Å²) < 4.78 is 62.4. The Hall–Kier alpha value is -3.19. The van der Waals surface area contributed by atoms with Crippen molar-refractivity contribution in [1.29, 1.82) is 0 Å². The summed E-state index contributed by atoms with van der Waals surface area (Å²) in [5.41, 5.74) is -0.143. The number of aryl methyl sites for hydroxylation is 1. The van der Waals surface area contributed by atoms with Gasteiger partial charge in [0.2, 0.25) is 10.0 Å². The average Bonchev–Trinajstić information content (AvgIpc) is 3.27. The zero-order chi connectivity index (χ0) is 23.2. The maximum Gasteiger partial charge on any atom is 0.317 e. The van der Waals surface area contributed by atoms with Gasteiger partial charge in [0, 0.05) is 44.6 Å². The fraction of sp³-hybridized carbons (Fsp3) is 0.368. The Bertz CT molecular complexity index is 1200. The fourth-order valence-corrected chi connectivity index (χ4v) is 5.46. The number of carbonyl (C=O) groups excluding carboxylic acids is 2. The van der Waals surface area contributed by atoms with Crippen molar-refractivity contribution in [2.45, 2.75) is 23.4 Å². The Kier molecular flexibility index (Phi) is 5.54. The molecule has 32 heavy (non-hydrogen) atoms. The number of likely N-dealkylation sites (tertiary alicyclic amines) is 1. The number of hydrogen-bond acceptors (Lipinski definition) is 5. The summed E-state index contributed by atoms with van der Waals surface area (Å²) in [4.78, 5) is 26.3. The van der Waals surface area contributed by atoms with Crippen LogP contribution >= 0.6 is 0 Å². The molecule has 1 aromatic carbocycles. The highest BCUT2D eigenvalue weighted by molar-refractivity contribution is 7.89. The molecule has 0 saturated carbocycles. The minimum atomic E-state index is -4.08. The first kappa shape index (κ1) is 22.0. The molecule has 3 amide bonds. The van der Waals surface area contributed by atoms with E-state index in [2.05, 4.69) is 15.4 Å². The van der Waals surface area contributed by atoms with Gasteiger partial charge in [0.15, 0.2) is 23.1 Å². The summed E-state index contributed by atoms with van der Waals surface area (Å²) in [6, 6.07) is 1.34. The molecule has 2 aliphatic heterocycles. The number of rotatable bonds is 2. The van der Waals surface area contributed by atoms with E-state index in [1.165, 1.54) is 35.8 Å². The lowest BCUT2D eigenvalue weighted by Crippen LogP contribution is -2.52. The third-order valence-corrected chi connectivity index (χ3v) is 6.99. The van der Waals surface area contributed by atoms with E-state index in [4.69, 9.17) is 4.74 Å². The monoisotopic (exact) mass is 469 g/mol. The smallest absolute Gasteiger partial charge is 0.317 e. The van der Waals surface area contributed by atoms with Gasteiger partial charge in [-0.05, 0) is 18.6 Å². The third kappa shape index (κ3) is 3.77. The number of ether oxygens (including phenoxy) is 1. The van der Waals surface area contributed by atoms with Crippen LogP contribution in [0.15, 0.2) is 29.3 Å². The van der Waals surface area contributed by atoms with Crippen molar-refractivity contribution in [3.05, 3.63) is 41.7 Å². The number of amides is 3. The molecule has 1 saturated heterocycles. The van der Waals surface area contributed by atoms with Crippen LogP contribution < -0.4 is 20.1 Å². The first-order valence-corrected chi connectivity index (χ1v) is 11.2. The lowest BCUT2D eigenvalue weighted by molar-refractivity contribution is 0.101. The third-order valence-electron chi connectivity index (χ3n) is 5.51. The predicted octanol–water partition coefficient (Wildman–Crippen LogP) is 1.01. The summed E-state index contributed by atoms with van der Waals surface area (Å²) in [6.45, 7) is 0.283. The van der Waals surface area contributed by atoms with E-state index in [0.717, 1.165) is 12.1 Å². The minimum absolute atomic E-state index is 0.0164. The number of nitrogens with one attached hydrogen (secondary N) is 3. The molecule has 13 heteroatoms. The molecule has 1 aromatic heterocycles. The number of urea groups is 1. The zero-order valence-corrected chi connectivity index (χ0v) is 18.0. The van der Waals surface area contributed by atoms with Gasteiger partial charge in [-0.25, -0.2) is 26.7 Å². The number of anilines is 1. The Morgan fingerprint density at radius 2 is 2.00 bits per heavy atom. The van der Waals surface area contributed by atoms with Gasteiger partial charge in [-0.15, -0.1) is 0 Å². The van der Waals surface area contributed by atoms with Gasteiger partial charge < -0.3 is 24.8 Å². The lowest BCUT2D eigenvalue weighted by atomic mass is 10.1. The zero-order valence-electron chi connectivity index (χ0n) is 17.2. The second-order valence-electron chi connectivity index (χ2n) is 7.51. The number of halogens is 2. The molecule has 2 atom stereocenters. The van der Waals surface area contributed by atoms with E-state index in [0.29, 0.717) is 13.0 Å². The molecule has 3 heterocycles. The van der Waals surface area contributed by atoms with Crippen LogP contribution in [0, 0.1) is 11.6 Å². The predicted molar refractivity (Wildman–Crippen MR) is 109 cm³/mol. The number of nitrogens with zero attached hydrogens (tertiary/aromatic N) is 2. The van der Waals surface area contributed by atoms with E-state index in [1.54, 1.807) is 0 Å². The van der Waals surface area contributed by atoms with Crippen molar-refractivity contribution in [1.82, 2.24) is 19.5 Å². The Balaban J connectivity index is 1.69. The van der Waals surface area contributed by atoms with Crippen molar-refractivity contribution in [3.63, 3.8) is 0 Å². The number of benzene rings is 1. The second kappa shape index (κ2) is 8.06. The summed E-state index contributed by atoms with van der Waals surface area (Å²) in [5, 5.41) is 4.93. The summed E-state index contributed by atoms with van der Waals surface area (Å²) >= 11 is 0. The number of aromatic nitrogens is 1. The van der Waals surface area contributed by atoms with Gasteiger partial charge in [0.1, 0.15) is 11.5 Å². The quantitative estimate of drug-likeness (QED) is 0.606. The Labute approximate surface area is 182 Å². The number of sulfonamides is 1. The van der Waals surface area contributed by atoms with E-state index in [9.17, 15) is 26.8 Å². The van der Waals surface area contributed by atoms with Gasteiger partial charge >= 0.3 is 6.03 Å². The lowest BCUT2D eigenvalue weighted by Gasteiger charge is -2.30. The van der Waals surface area contributed by atoms with Crippen molar-refractivity contribution in [2.24, 2.45) is 7.05 Å². The SMILES string of the molecule is CNC(=O)N1CC[C@H]2NS(=O)(=O)c3cn(C)c(C(=O)Nc4ccc(F)c(F)c4)c3OC[C@H]21. The maximum atomic E-state index is 13.5. The van der Waals surface area contributed by atoms with Gasteiger partial charge in [-0.1, -0.05) is 0 Å². The van der Waals surface area contributed by atoms with Gasteiger partial charge in [-0.3, -0.25) is 4.79 Å². The van der Waals surface area contributed by atoms with E-state index in [1.807, 2.05) is 0 Å². The topological polar surface area (TPSA) is 122 Å². The number of hydrogen-bond donors (Lipinski definition) is 3. The maximum absolute atomic E-state index is 13.5. The molecule has 0 spiro atoms. The van der Waals surface area contributed by atoms with Crippen molar-refractivity contribution in [3.8, 4) is 5.75 Å². The number of carbonyl (C=O) groups is 2. The molecule has 172 valence electrons. The van der Waals surface area contributed by atoms with Gasteiger partial charge in [0.05, 0.1) is 6.04 Å². The first-order chi connectivity index (χ1) is 15.1. The molecular weight excluding hydrogens is 448 g/mol. The first-order valence-electron chi connectivity index (χ1n) is 9.71. The second-order valence-corrected chi connectivity index (χ2v) is 9.19. The van der Waals surface area contributed by atoms with Crippen LogP contribution in [0.4, 0.5) is 19.3 Å². The van der Waals surface area contributed by atoms with E-state index >= 15 is 0 Å². The van der Waals surface area contributed by atoms with Crippen LogP contribution in [0.5, 0.6) is 5.75 Å². The summed E-state index contributed by atoms with van der Waals surface area (Å²) in [7, 11) is -1.14. The van der Waals surface area contributed by atoms with Crippen LogP contribution in [0.2, 0.25) is 0 Å². The molecular formula is C19H21F2N5O5S. The van der Waals surface area contributed by atoms with Gasteiger partial charge in [0.25, 0.3) is 5.91 Å². The van der Waals surface area contributed by atoms with Crippen LogP contribution in [0.3, 0.4) is 0 Å². The molecule has 10 nitrogen and oxygen atoms in total. The molecule has 4 rings (SSSR count). The van der Waals surface area contributed by atoms with Crippen molar-refractivity contribution < 1.29 is 31.5 Å². The average molecular weight is 469 g/mol. The molecule has 2 aromatic rings. The molecule has 3 N–H and O–H groups in total. The molecule has 0 aliphatic carbocycles. The molecule has 0 bridgehead atoms. The Morgan fingerprint density at radius 3 is 2.69 bits per heavy atom. The molecule has 0 radical (unpaired) electrons. The standard InChI is InChI=1S/C19H21F2N5O5S/c1-22-19(28)26-6-5-13-14(26)9-31-17-15(32(29,30)24-13)8-25(2)16(17)18(27)23-10-3-4-11(20)12(21)7-10/h3-4,7-8,13-14,24H,5-6,9H2,1-2H3,(H,22,28)(H,23,27)/t13-,14-/m1/s1. The molecule has 1 fully saturated rings. The van der Waals surface area contributed by atoms with Crippen LogP contribution in [0.1, 0.15) is 16.9 Å². The highest BCUT2D eigenvalue weighted by atomic mass is 32.2. The van der Waals surface area contributed by atoms with Crippen LogP contribution in [-0.2, 0) is 17.1 Å². The van der Waals surface area contributed by atoms with Crippen LogP contribution in [-0.4, -0.2) is 62.1 Å². The minimum Gasteiger partial charge on any atom is -0.487 e. The Morgan fingerprint density at radius 1 is 1.25 bits per heavy atom. The van der Waals surface area contributed by atoms with Gasteiger partial charge in [-0.2, -0.15) is 0 Å². The molecule has 2 aliphatic rings. The van der Waals surface area contributed by atoms with Crippen LogP contribution in [0.25, 0.3) is 0 Å². The van der Waals surface area contributed by atoms with Crippen molar-refractivity contribution in [2.75, 3.05) is 25.5 Å². The summed E-state index contributed by atoms with van der Waals surface area (Å²) in [6.07, 6.45) is 1.65. The molecule has 0 unspecified atom stereocenters.